The third-order valence-corrected chi connectivity index (χ3v) is 5.92. The Morgan fingerprint density at radius 3 is 2.17 bits per heavy atom. The lowest BCUT2D eigenvalue weighted by Gasteiger charge is -2.12. The van der Waals surface area contributed by atoms with Crippen LogP contribution >= 0.6 is 11.3 Å². The summed E-state index contributed by atoms with van der Waals surface area (Å²) >= 11 is 1.43. The lowest BCUT2D eigenvalue weighted by Crippen LogP contribution is -2.14. The van der Waals surface area contributed by atoms with Crippen molar-refractivity contribution in [2.75, 3.05) is 21.3 Å². The number of ether oxygens (including phenoxy) is 3. The summed E-state index contributed by atoms with van der Waals surface area (Å²) in [6, 6.07) is 9.43. The van der Waals surface area contributed by atoms with Crippen LogP contribution in [0, 0.1) is 5.82 Å². The van der Waals surface area contributed by atoms with E-state index in [-0.39, 0.29) is 5.82 Å². The van der Waals surface area contributed by atoms with Gasteiger partial charge in [0.25, 0.3) is 5.91 Å². The summed E-state index contributed by atoms with van der Waals surface area (Å²) in [5.74, 6) is 0.445. The van der Waals surface area contributed by atoms with Gasteiger partial charge in [-0.15, -0.1) is 11.3 Å². The first-order chi connectivity index (χ1) is 14.4. The van der Waals surface area contributed by atoms with E-state index in [2.05, 4.69) is 4.99 Å². The maximum atomic E-state index is 13.3. The number of hydrogen-bond acceptors (Lipinski definition) is 5. The average Bonchev–Trinajstić information content (AvgIpc) is 3.08. The third kappa shape index (κ3) is 4.09. The van der Waals surface area contributed by atoms with E-state index in [1.165, 1.54) is 44.8 Å². The Kier molecular flexibility index (Phi) is 6.56. The molecule has 0 unspecified atom stereocenters. The van der Waals surface area contributed by atoms with Crippen molar-refractivity contribution in [3.8, 4) is 28.5 Å². The minimum atomic E-state index is -0.431. The molecule has 1 aromatic heterocycles. The number of hydrogen-bond donors (Lipinski definition) is 0. The maximum absolute atomic E-state index is 13.3. The van der Waals surface area contributed by atoms with Crippen LogP contribution in [0.15, 0.2) is 41.4 Å². The Balaban J connectivity index is 2.09. The number of carbonyl (C=O) groups excluding carboxylic acids is 1. The molecule has 0 saturated heterocycles. The molecule has 0 aliphatic rings. The molecular weight excluding hydrogens is 407 g/mol. The van der Waals surface area contributed by atoms with E-state index in [1.807, 2.05) is 18.5 Å². The number of amides is 1. The van der Waals surface area contributed by atoms with Gasteiger partial charge in [0.05, 0.1) is 27.0 Å². The topological polar surface area (TPSA) is 62.1 Å². The van der Waals surface area contributed by atoms with Gasteiger partial charge >= 0.3 is 0 Å². The standard InChI is InChI=1S/C22H23FN2O4S/c1-6-18-19(13-7-9-15(23)10-8-13)25(2)22(30-18)24-21(26)14-11-16(27-3)20(29-5)17(12-14)28-4/h7-12H,6H2,1-5H3. The van der Waals surface area contributed by atoms with Gasteiger partial charge in [0, 0.05) is 17.5 Å². The summed E-state index contributed by atoms with van der Waals surface area (Å²) in [5, 5.41) is 0. The van der Waals surface area contributed by atoms with Crippen LogP contribution in [0.4, 0.5) is 4.39 Å². The molecule has 3 aromatic rings. The zero-order valence-corrected chi connectivity index (χ0v) is 18.3. The largest absolute Gasteiger partial charge is 0.493 e. The van der Waals surface area contributed by atoms with Gasteiger partial charge < -0.3 is 18.8 Å². The zero-order valence-electron chi connectivity index (χ0n) is 17.5. The Hall–Kier alpha value is -3.13. The zero-order chi connectivity index (χ0) is 21.8. The average molecular weight is 431 g/mol. The summed E-state index contributed by atoms with van der Waals surface area (Å²) in [4.78, 5) is 18.8. The van der Waals surface area contributed by atoms with Crippen molar-refractivity contribution in [1.29, 1.82) is 0 Å². The molecule has 0 saturated carbocycles. The molecule has 8 heteroatoms. The van der Waals surface area contributed by atoms with Gasteiger partial charge in [-0.1, -0.05) is 6.92 Å². The predicted molar refractivity (Wildman–Crippen MR) is 114 cm³/mol. The van der Waals surface area contributed by atoms with Crippen molar-refractivity contribution in [3.63, 3.8) is 0 Å². The second-order valence-electron chi connectivity index (χ2n) is 6.41. The molecule has 0 spiro atoms. The Morgan fingerprint density at radius 2 is 1.67 bits per heavy atom. The number of methoxy groups -OCH3 is 3. The van der Waals surface area contributed by atoms with Crippen LogP contribution in [0.25, 0.3) is 11.3 Å². The number of thiazole rings is 1. The van der Waals surface area contributed by atoms with E-state index in [4.69, 9.17) is 14.2 Å². The molecular formula is C22H23FN2O4S. The summed E-state index contributed by atoms with van der Waals surface area (Å²) in [6.45, 7) is 2.03. The van der Waals surface area contributed by atoms with Crippen molar-refractivity contribution in [2.24, 2.45) is 12.0 Å². The van der Waals surface area contributed by atoms with E-state index >= 15 is 0 Å². The Bertz CT molecular complexity index is 1110. The third-order valence-electron chi connectivity index (χ3n) is 4.65. The van der Waals surface area contributed by atoms with Gasteiger partial charge in [-0.25, -0.2) is 4.39 Å². The summed E-state index contributed by atoms with van der Waals surface area (Å²) in [6.07, 6.45) is 0.763. The van der Waals surface area contributed by atoms with Gasteiger partial charge in [-0.2, -0.15) is 4.99 Å². The minimum absolute atomic E-state index is 0.294. The molecule has 6 nitrogen and oxygen atoms in total. The van der Waals surface area contributed by atoms with Crippen molar-refractivity contribution in [3.05, 3.63) is 57.5 Å². The molecule has 0 bridgehead atoms. The highest BCUT2D eigenvalue weighted by Crippen LogP contribution is 2.38. The Labute approximate surface area is 178 Å². The first kappa shape index (κ1) is 21.6. The number of aromatic nitrogens is 1. The normalized spacial score (nSPS) is 11.5. The van der Waals surface area contributed by atoms with Crippen molar-refractivity contribution in [1.82, 2.24) is 4.57 Å². The molecule has 0 N–H and O–H groups in total. The summed E-state index contributed by atoms with van der Waals surface area (Å²) in [7, 11) is 6.33. The SMILES string of the molecule is CCc1sc(=NC(=O)c2cc(OC)c(OC)c(OC)c2)n(C)c1-c1ccc(F)cc1. The molecule has 0 atom stereocenters. The fourth-order valence-corrected chi connectivity index (χ4v) is 4.24. The van der Waals surface area contributed by atoms with Crippen LogP contribution in [-0.4, -0.2) is 31.8 Å². The second-order valence-corrected chi connectivity index (χ2v) is 7.47. The molecule has 3 rings (SSSR count). The summed E-state index contributed by atoms with van der Waals surface area (Å²) < 4.78 is 31.1. The fourth-order valence-electron chi connectivity index (χ4n) is 3.17. The molecule has 0 aliphatic heterocycles. The molecule has 30 heavy (non-hydrogen) atoms. The van der Waals surface area contributed by atoms with Gasteiger partial charge in [0.15, 0.2) is 16.3 Å². The van der Waals surface area contributed by atoms with E-state index in [1.54, 1.807) is 24.3 Å². The van der Waals surface area contributed by atoms with Crippen LogP contribution in [0.3, 0.4) is 0 Å². The van der Waals surface area contributed by atoms with Crippen molar-refractivity contribution in [2.45, 2.75) is 13.3 Å². The van der Waals surface area contributed by atoms with Gasteiger partial charge in [0.2, 0.25) is 5.75 Å². The number of nitrogens with zero attached hydrogens (tertiary/aromatic N) is 2. The highest BCUT2D eigenvalue weighted by Gasteiger charge is 2.18. The van der Waals surface area contributed by atoms with Crippen molar-refractivity contribution >= 4 is 17.2 Å². The van der Waals surface area contributed by atoms with E-state index in [0.29, 0.717) is 27.6 Å². The summed E-state index contributed by atoms with van der Waals surface area (Å²) in [5.41, 5.74) is 2.10. The van der Waals surface area contributed by atoms with Crippen LogP contribution in [-0.2, 0) is 13.5 Å². The molecule has 1 heterocycles. The molecule has 2 aromatic carbocycles. The van der Waals surface area contributed by atoms with Crippen LogP contribution in [0.5, 0.6) is 17.2 Å². The Morgan fingerprint density at radius 1 is 1.07 bits per heavy atom. The number of aryl methyl sites for hydroxylation is 1. The fraction of sp³-hybridized carbons (Fsp3) is 0.273. The maximum Gasteiger partial charge on any atom is 0.279 e. The quantitative estimate of drug-likeness (QED) is 0.587. The van der Waals surface area contributed by atoms with E-state index < -0.39 is 5.91 Å². The van der Waals surface area contributed by atoms with Crippen LogP contribution in [0.2, 0.25) is 0 Å². The van der Waals surface area contributed by atoms with Crippen LogP contribution in [0.1, 0.15) is 22.2 Å². The first-order valence-electron chi connectivity index (χ1n) is 9.27. The smallest absolute Gasteiger partial charge is 0.279 e. The number of carbonyl (C=O) groups is 1. The highest BCUT2D eigenvalue weighted by atomic mass is 32.1. The molecule has 0 fully saturated rings. The molecule has 0 radical (unpaired) electrons. The highest BCUT2D eigenvalue weighted by molar-refractivity contribution is 7.09. The minimum Gasteiger partial charge on any atom is -0.493 e. The lowest BCUT2D eigenvalue weighted by atomic mass is 10.1. The number of halogens is 1. The second kappa shape index (κ2) is 9.13. The number of benzene rings is 2. The van der Waals surface area contributed by atoms with E-state index in [0.717, 1.165) is 22.6 Å². The van der Waals surface area contributed by atoms with E-state index in [9.17, 15) is 9.18 Å². The molecule has 0 aliphatic carbocycles. The number of rotatable bonds is 6. The van der Waals surface area contributed by atoms with Crippen LogP contribution < -0.4 is 19.0 Å². The van der Waals surface area contributed by atoms with Gasteiger partial charge in [-0.05, 0) is 48.4 Å². The van der Waals surface area contributed by atoms with Crippen molar-refractivity contribution < 1.29 is 23.4 Å². The molecule has 158 valence electrons. The predicted octanol–water partition coefficient (Wildman–Crippen LogP) is 4.22. The lowest BCUT2D eigenvalue weighted by molar-refractivity contribution is 0.0997. The first-order valence-corrected chi connectivity index (χ1v) is 10.1. The monoisotopic (exact) mass is 430 g/mol. The van der Waals surface area contributed by atoms with Gasteiger partial charge in [0.1, 0.15) is 5.82 Å². The molecule has 1 amide bonds. The van der Waals surface area contributed by atoms with Gasteiger partial charge in [-0.3, -0.25) is 4.79 Å².